The zero-order valence-corrected chi connectivity index (χ0v) is 33.8. The molecule has 1 heterocycles. The van der Waals surface area contributed by atoms with Gasteiger partial charge in [0.1, 0.15) is 16.8 Å². The minimum Gasteiger partial charge on any atom is -0.443 e. The Morgan fingerprint density at radius 1 is 0.750 bits per heavy atom. The first-order valence-corrected chi connectivity index (χ1v) is 18.3. The van der Waals surface area contributed by atoms with Crippen LogP contribution in [0.15, 0.2) is 77.3 Å². The highest BCUT2D eigenvalue weighted by molar-refractivity contribution is 9.10. The molecule has 1 fully saturated rings. The normalized spacial score (nSPS) is 13.6. The van der Waals surface area contributed by atoms with Crippen LogP contribution in [0, 0.1) is 6.92 Å². The second kappa shape index (κ2) is 17.9. The fourth-order valence-electron chi connectivity index (χ4n) is 5.37. The average molecular weight is 781 g/mol. The Bertz CT molecular complexity index is 1650. The first-order chi connectivity index (χ1) is 24.1. The van der Waals surface area contributed by atoms with Gasteiger partial charge in [0.25, 0.3) is 5.91 Å². The summed E-state index contributed by atoms with van der Waals surface area (Å²) in [7, 11) is 0. The number of alkyl carbamates (subject to hydrolysis) is 2. The Labute approximate surface area is 317 Å². The zero-order chi connectivity index (χ0) is 38.9. The zero-order valence-electron chi connectivity index (χ0n) is 32.2. The van der Waals surface area contributed by atoms with E-state index < -0.39 is 35.1 Å². The van der Waals surface area contributed by atoms with Crippen molar-refractivity contribution in [3.63, 3.8) is 0 Å². The number of halogens is 1. The van der Waals surface area contributed by atoms with Crippen molar-refractivity contribution >= 4 is 45.8 Å². The summed E-state index contributed by atoms with van der Waals surface area (Å²) in [6, 6.07) is 23.8. The van der Waals surface area contributed by atoms with Gasteiger partial charge in [-0.1, -0.05) is 64.0 Å². The number of aryl methyl sites for hydroxylation is 1. The van der Waals surface area contributed by atoms with E-state index in [0.29, 0.717) is 23.7 Å². The van der Waals surface area contributed by atoms with Crippen LogP contribution in [0.2, 0.25) is 0 Å². The van der Waals surface area contributed by atoms with E-state index in [0.717, 1.165) is 36.0 Å². The molecule has 0 spiro atoms. The number of hydrogen-bond donors (Lipinski definition) is 1. The van der Waals surface area contributed by atoms with E-state index in [1.165, 1.54) is 11.1 Å². The number of ether oxygens (including phenoxy) is 3. The first-order valence-electron chi connectivity index (χ1n) is 17.5. The molecule has 1 saturated heterocycles. The molecule has 1 N–H and O–H groups in total. The predicted molar refractivity (Wildman–Crippen MR) is 208 cm³/mol. The van der Waals surface area contributed by atoms with Crippen LogP contribution in [0.3, 0.4) is 0 Å². The summed E-state index contributed by atoms with van der Waals surface area (Å²) < 4.78 is 16.4. The number of hydrogen-bond acceptors (Lipinski definition) is 7. The molecule has 0 aliphatic carbocycles. The Morgan fingerprint density at radius 2 is 1.29 bits per heavy atom. The van der Waals surface area contributed by atoms with Crippen LogP contribution in [-0.2, 0) is 20.8 Å². The number of nitrogens with zero attached hydrogens (tertiary/aromatic N) is 2. The molecule has 0 radical (unpaired) electrons. The van der Waals surface area contributed by atoms with Crippen molar-refractivity contribution in [3.8, 4) is 0 Å². The van der Waals surface area contributed by atoms with Crippen LogP contribution in [-0.4, -0.2) is 59.0 Å². The van der Waals surface area contributed by atoms with E-state index >= 15 is 0 Å². The molecule has 282 valence electrons. The highest BCUT2D eigenvalue weighted by Crippen LogP contribution is 2.30. The summed E-state index contributed by atoms with van der Waals surface area (Å²) in [6.45, 7) is 19.7. The second-order valence-electron chi connectivity index (χ2n) is 15.9. The molecular weight excluding hydrogens is 726 g/mol. The van der Waals surface area contributed by atoms with E-state index in [2.05, 4.69) is 47.1 Å². The Morgan fingerprint density at radius 3 is 1.81 bits per heavy atom. The molecule has 1 aliphatic heterocycles. The smallest absolute Gasteiger partial charge is 0.417 e. The summed E-state index contributed by atoms with van der Waals surface area (Å²) in [5.74, 6) is 0.473. The van der Waals surface area contributed by atoms with Gasteiger partial charge in [0.2, 0.25) is 0 Å². The van der Waals surface area contributed by atoms with Gasteiger partial charge in [-0.15, -0.1) is 0 Å². The number of carbonyl (C=O) groups excluding carboxylic acids is 4. The van der Waals surface area contributed by atoms with Gasteiger partial charge in [0.15, 0.2) is 0 Å². The van der Waals surface area contributed by atoms with E-state index in [1.807, 2.05) is 73.5 Å². The molecule has 11 heteroatoms. The van der Waals surface area contributed by atoms with Crippen molar-refractivity contribution < 1.29 is 33.4 Å². The number of nitrogens with one attached hydrogen (secondary N) is 1. The van der Waals surface area contributed by atoms with Crippen molar-refractivity contribution in [3.05, 3.63) is 99.5 Å². The highest BCUT2D eigenvalue weighted by Gasteiger charge is 2.28. The summed E-state index contributed by atoms with van der Waals surface area (Å²) in [4.78, 5) is 52.4. The minimum absolute atomic E-state index is 0.00248. The molecule has 4 rings (SSSR count). The van der Waals surface area contributed by atoms with Crippen LogP contribution >= 0.6 is 15.9 Å². The molecule has 0 unspecified atom stereocenters. The number of rotatable bonds is 5. The number of likely N-dealkylation sites (tertiary alicyclic amines) is 1. The number of benzene rings is 3. The van der Waals surface area contributed by atoms with Crippen molar-refractivity contribution in [1.29, 1.82) is 0 Å². The van der Waals surface area contributed by atoms with Crippen molar-refractivity contribution in [2.45, 2.75) is 111 Å². The standard InChI is InChI=1S/C31H35BrN2O3.C10H19NO4/c1-22-7-5-8-25(19-22)24-15-17-33(18-16-24)29(35)26-9-6-10-28(20-26)34(30(36)37-31(2,3)4)21-23-11-13-27(32)14-12-23;1-9(2,3)14-7(12)11-8(13)15-10(4,5)6/h5-14,19-20,24H,15-18,21H2,1-4H3;1-6H3,(H,11,12,13). The number of amides is 4. The molecule has 0 atom stereocenters. The Balaban J connectivity index is 0.000000411. The summed E-state index contributed by atoms with van der Waals surface area (Å²) in [6.07, 6.45) is -0.169. The molecule has 4 amide bonds. The van der Waals surface area contributed by atoms with Gasteiger partial charge in [0, 0.05) is 28.8 Å². The predicted octanol–water partition coefficient (Wildman–Crippen LogP) is 10.2. The second-order valence-corrected chi connectivity index (χ2v) is 16.8. The van der Waals surface area contributed by atoms with Crippen LogP contribution < -0.4 is 10.2 Å². The maximum absolute atomic E-state index is 13.5. The molecule has 3 aromatic carbocycles. The van der Waals surface area contributed by atoms with E-state index in [9.17, 15) is 19.2 Å². The molecule has 0 aromatic heterocycles. The lowest BCUT2D eigenvalue weighted by Gasteiger charge is -2.33. The largest absolute Gasteiger partial charge is 0.443 e. The average Bonchev–Trinajstić information content (AvgIpc) is 3.02. The van der Waals surface area contributed by atoms with Crippen LogP contribution in [0.4, 0.5) is 20.1 Å². The summed E-state index contributed by atoms with van der Waals surface area (Å²) >= 11 is 3.46. The molecule has 3 aromatic rings. The van der Waals surface area contributed by atoms with Crippen molar-refractivity contribution in [1.82, 2.24) is 10.2 Å². The van der Waals surface area contributed by atoms with Gasteiger partial charge < -0.3 is 19.1 Å². The third kappa shape index (κ3) is 14.7. The van der Waals surface area contributed by atoms with Crippen LogP contribution in [0.1, 0.15) is 108 Å². The van der Waals surface area contributed by atoms with Crippen LogP contribution in [0.5, 0.6) is 0 Å². The lowest BCUT2D eigenvalue weighted by molar-refractivity contribution is 0.0352. The molecule has 0 saturated carbocycles. The molecule has 1 aliphatic rings. The third-order valence-corrected chi connectivity index (χ3v) is 8.10. The maximum atomic E-state index is 13.5. The monoisotopic (exact) mass is 779 g/mol. The fraction of sp³-hybridized carbons (Fsp3) is 0.463. The highest BCUT2D eigenvalue weighted by atomic mass is 79.9. The van der Waals surface area contributed by atoms with Gasteiger partial charge in [-0.2, -0.15) is 0 Å². The van der Waals surface area contributed by atoms with Crippen LogP contribution in [0.25, 0.3) is 0 Å². The van der Waals surface area contributed by atoms with E-state index in [4.69, 9.17) is 14.2 Å². The Hall–Kier alpha value is -4.38. The van der Waals surface area contributed by atoms with Crippen molar-refractivity contribution in [2.75, 3.05) is 18.0 Å². The lowest BCUT2D eigenvalue weighted by Crippen LogP contribution is -2.39. The number of piperidine rings is 1. The van der Waals surface area contributed by atoms with Gasteiger partial charge in [-0.05, 0) is 129 Å². The SMILES string of the molecule is CC(C)(C)OC(=O)NC(=O)OC(C)(C)C.Cc1cccc(C2CCN(C(=O)c3cccc(N(Cc4ccc(Br)cc4)C(=O)OC(C)(C)C)c3)CC2)c1. The maximum Gasteiger partial charge on any atom is 0.417 e. The topological polar surface area (TPSA) is 114 Å². The Kier molecular flexibility index (Phi) is 14.5. The number of imide groups is 1. The van der Waals surface area contributed by atoms with Gasteiger partial charge >= 0.3 is 18.3 Å². The molecular formula is C41H54BrN3O7. The molecule has 10 nitrogen and oxygen atoms in total. The first kappa shape index (κ1) is 42.0. The molecule has 0 bridgehead atoms. The lowest BCUT2D eigenvalue weighted by atomic mass is 9.88. The van der Waals surface area contributed by atoms with Gasteiger partial charge in [-0.3, -0.25) is 9.69 Å². The fourth-order valence-corrected chi connectivity index (χ4v) is 5.63. The van der Waals surface area contributed by atoms with E-state index in [1.54, 1.807) is 52.5 Å². The van der Waals surface area contributed by atoms with Crippen molar-refractivity contribution in [2.24, 2.45) is 0 Å². The van der Waals surface area contributed by atoms with Gasteiger partial charge in [0.05, 0.1) is 6.54 Å². The summed E-state index contributed by atoms with van der Waals surface area (Å²) in [5, 5.41) is 1.97. The minimum atomic E-state index is -0.809. The number of carbonyl (C=O) groups is 4. The number of anilines is 1. The third-order valence-electron chi connectivity index (χ3n) is 7.57. The van der Waals surface area contributed by atoms with Gasteiger partial charge in [-0.25, -0.2) is 19.7 Å². The summed E-state index contributed by atoms with van der Waals surface area (Å²) in [5.41, 5.74) is 2.90. The quantitative estimate of drug-likeness (QED) is 0.256. The van der Waals surface area contributed by atoms with E-state index in [-0.39, 0.29) is 5.91 Å². The molecule has 52 heavy (non-hydrogen) atoms.